The molecular formula is C24H24FN3O3. The molecule has 0 saturated carbocycles. The first-order valence-electron chi connectivity index (χ1n) is 9.83. The molecule has 1 atom stereocenters. The number of halogens is 1. The van der Waals surface area contributed by atoms with E-state index >= 15 is 0 Å². The van der Waals surface area contributed by atoms with E-state index in [9.17, 15) is 14.0 Å². The third kappa shape index (κ3) is 5.25. The number of hydrogen-bond donors (Lipinski definition) is 1. The third-order valence-corrected chi connectivity index (χ3v) is 4.84. The van der Waals surface area contributed by atoms with Crippen molar-refractivity contribution in [2.75, 3.05) is 5.32 Å². The van der Waals surface area contributed by atoms with Crippen LogP contribution in [0.5, 0.6) is 0 Å². The molecule has 0 radical (unpaired) electrons. The molecular weight excluding hydrogens is 397 g/mol. The molecule has 160 valence electrons. The topological polar surface area (TPSA) is 73.2 Å². The molecule has 7 heteroatoms. The molecule has 1 N–H and O–H groups in total. The second kappa shape index (κ2) is 9.38. The zero-order chi connectivity index (χ0) is 22.5. The molecule has 0 bridgehead atoms. The summed E-state index contributed by atoms with van der Waals surface area (Å²) < 4.78 is 20.6. The minimum Gasteiger partial charge on any atom is -0.449 e. The standard InChI is InChI=1S/C24H24FN3O3/c1-15-10-11-19(14-22(15)25)26-24(30)18(4)31-23(29)13-12-21-16(2)27-28(17(21)3)20-8-6-5-7-9-20/h5-14,18H,1-4H3,(H,26,30)/b13-12+/t18-/m0/s1. The molecule has 1 heterocycles. The van der Waals surface area contributed by atoms with Gasteiger partial charge in [0.15, 0.2) is 6.10 Å². The summed E-state index contributed by atoms with van der Waals surface area (Å²) in [5.74, 6) is -1.63. The van der Waals surface area contributed by atoms with Crippen molar-refractivity contribution in [2.45, 2.75) is 33.8 Å². The molecule has 2 aromatic carbocycles. The number of nitrogens with one attached hydrogen (secondary N) is 1. The van der Waals surface area contributed by atoms with Crippen molar-refractivity contribution in [1.82, 2.24) is 9.78 Å². The average Bonchev–Trinajstić information content (AvgIpc) is 3.03. The van der Waals surface area contributed by atoms with E-state index in [1.165, 1.54) is 19.1 Å². The molecule has 1 amide bonds. The minimum atomic E-state index is -1.05. The van der Waals surface area contributed by atoms with Gasteiger partial charge in [0.1, 0.15) is 5.82 Å². The zero-order valence-corrected chi connectivity index (χ0v) is 17.8. The van der Waals surface area contributed by atoms with E-state index in [0.717, 1.165) is 22.6 Å². The number of aryl methyl sites for hydroxylation is 2. The van der Waals surface area contributed by atoms with E-state index in [0.29, 0.717) is 11.3 Å². The fourth-order valence-electron chi connectivity index (χ4n) is 3.05. The predicted octanol–water partition coefficient (Wildman–Crippen LogP) is 4.52. The number of nitrogens with zero attached hydrogens (tertiary/aromatic N) is 2. The summed E-state index contributed by atoms with van der Waals surface area (Å²) in [5, 5.41) is 7.06. The van der Waals surface area contributed by atoms with Gasteiger partial charge in [0.05, 0.1) is 11.4 Å². The third-order valence-electron chi connectivity index (χ3n) is 4.84. The fraction of sp³-hybridized carbons (Fsp3) is 0.208. The number of rotatable bonds is 6. The molecule has 3 aromatic rings. The highest BCUT2D eigenvalue weighted by atomic mass is 19.1. The first-order valence-corrected chi connectivity index (χ1v) is 9.83. The Morgan fingerprint density at radius 2 is 1.84 bits per heavy atom. The van der Waals surface area contributed by atoms with E-state index in [1.807, 2.05) is 44.2 Å². The fourth-order valence-corrected chi connectivity index (χ4v) is 3.05. The summed E-state index contributed by atoms with van der Waals surface area (Å²) in [4.78, 5) is 24.4. The smallest absolute Gasteiger partial charge is 0.331 e. The van der Waals surface area contributed by atoms with Gasteiger partial charge in [-0.25, -0.2) is 13.9 Å². The lowest BCUT2D eigenvalue weighted by molar-refractivity contribution is -0.148. The van der Waals surface area contributed by atoms with Gasteiger partial charge in [-0.05, 0) is 63.6 Å². The number of benzene rings is 2. The Kier molecular flexibility index (Phi) is 6.65. The van der Waals surface area contributed by atoms with Gasteiger partial charge in [-0.15, -0.1) is 0 Å². The highest BCUT2D eigenvalue weighted by molar-refractivity contribution is 5.96. The highest BCUT2D eigenvalue weighted by Gasteiger charge is 2.18. The van der Waals surface area contributed by atoms with Crippen LogP contribution in [0.15, 0.2) is 54.6 Å². The van der Waals surface area contributed by atoms with Gasteiger partial charge in [-0.1, -0.05) is 24.3 Å². The number of amides is 1. The Morgan fingerprint density at radius 3 is 2.52 bits per heavy atom. The summed E-state index contributed by atoms with van der Waals surface area (Å²) in [6.07, 6.45) is 1.84. The van der Waals surface area contributed by atoms with Gasteiger partial charge in [-0.3, -0.25) is 4.79 Å². The summed E-state index contributed by atoms with van der Waals surface area (Å²) in [7, 11) is 0. The largest absolute Gasteiger partial charge is 0.449 e. The number of carbonyl (C=O) groups excluding carboxylic acids is 2. The molecule has 1 aromatic heterocycles. The van der Waals surface area contributed by atoms with Crippen molar-refractivity contribution in [3.8, 4) is 5.69 Å². The molecule has 6 nitrogen and oxygen atoms in total. The van der Waals surface area contributed by atoms with Crippen molar-refractivity contribution < 1.29 is 18.7 Å². The first kappa shape index (κ1) is 22.0. The Morgan fingerprint density at radius 1 is 1.13 bits per heavy atom. The van der Waals surface area contributed by atoms with Crippen LogP contribution in [0.1, 0.15) is 29.4 Å². The molecule has 31 heavy (non-hydrogen) atoms. The van der Waals surface area contributed by atoms with Gasteiger partial charge in [0.25, 0.3) is 5.91 Å². The summed E-state index contributed by atoms with van der Waals surface area (Å²) >= 11 is 0. The SMILES string of the molecule is Cc1ccc(NC(=O)[C@H](C)OC(=O)/C=C/c2c(C)nn(-c3ccccc3)c2C)cc1F. The van der Waals surface area contributed by atoms with E-state index in [2.05, 4.69) is 10.4 Å². The molecule has 0 fully saturated rings. The highest BCUT2D eigenvalue weighted by Crippen LogP contribution is 2.19. The lowest BCUT2D eigenvalue weighted by Crippen LogP contribution is -2.29. The number of esters is 1. The second-order valence-corrected chi connectivity index (χ2v) is 7.20. The monoisotopic (exact) mass is 421 g/mol. The number of hydrogen-bond acceptors (Lipinski definition) is 4. The normalized spacial score (nSPS) is 12.0. The van der Waals surface area contributed by atoms with Crippen LogP contribution in [0.25, 0.3) is 11.8 Å². The Hall–Kier alpha value is -3.74. The molecule has 0 aliphatic rings. The quantitative estimate of drug-likeness (QED) is 0.469. The average molecular weight is 421 g/mol. The Labute approximate surface area is 180 Å². The van der Waals surface area contributed by atoms with Crippen molar-refractivity contribution in [2.24, 2.45) is 0 Å². The molecule has 0 unspecified atom stereocenters. The van der Waals surface area contributed by atoms with Crippen LogP contribution in [0, 0.1) is 26.6 Å². The van der Waals surface area contributed by atoms with Crippen molar-refractivity contribution in [3.05, 3.63) is 82.9 Å². The molecule has 0 saturated heterocycles. The maximum atomic E-state index is 13.6. The Balaban J connectivity index is 1.64. The second-order valence-electron chi connectivity index (χ2n) is 7.20. The van der Waals surface area contributed by atoms with Gasteiger partial charge in [0, 0.05) is 23.0 Å². The van der Waals surface area contributed by atoms with Gasteiger partial charge in [0.2, 0.25) is 0 Å². The molecule has 3 rings (SSSR count). The van der Waals surface area contributed by atoms with Crippen LogP contribution in [-0.4, -0.2) is 27.8 Å². The van der Waals surface area contributed by atoms with Crippen LogP contribution in [0.4, 0.5) is 10.1 Å². The lowest BCUT2D eigenvalue weighted by atomic mass is 10.2. The van der Waals surface area contributed by atoms with Crippen molar-refractivity contribution in [3.63, 3.8) is 0 Å². The number of aromatic nitrogens is 2. The number of carbonyl (C=O) groups is 2. The van der Waals surface area contributed by atoms with E-state index < -0.39 is 23.8 Å². The van der Waals surface area contributed by atoms with Gasteiger partial charge >= 0.3 is 5.97 Å². The molecule has 0 aliphatic heterocycles. The summed E-state index contributed by atoms with van der Waals surface area (Å²) in [6.45, 7) is 6.85. The maximum absolute atomic E-state index is 13.6. The summed E-state index contributed by atoms with van der Waals surface area (Å²) in [5.41, 5.74) is 4.13. The van der Waals surface area contributed by atoms with Crippen molar-refractivity contribution in [1.29, 1.82) is 0 Å². The zero-order valence-electron chi connectivity index (χ0n) is 17.8. The van der Waals surface area contributed by atoms with Crippen LogP contribution in [-0.2, 0) is 14.3 Å². The molecule has 0 spiro atoms. The molecule has 0 aliphatic carbocycles. The number of para-hydroxylation sites is 1. The summed E-state index contributed by atoms with van der Waals surface area (Å²) in [6, 6.07) is 14.0. The van der Waals surface area contributed by atoms with Gasteiger partial charge < -0.3 is 10.1 Å². The maximum Gasteiger partial charge on any atom is 0.331 e. The van der Waals surface area contributed by atoms with E-state index in [-0.39, 0.29) is 0 Å². The number of ether oxygens (including phenoxy) is 1. The van der Waals surface area contributed by atoms with Crippen LogP contribution in [0.3, 0.4) is 0 Å². The minimum absolute atomic E-state index is 0.297. The van der Waals surface area contributed by atoms with E-state index in [1.54, 1.807) is 29.8 Å². The number of anilines is 1. The van der Waals surface area contributed by atoms with Crippen LogP contribution >= 0.6 is 0 Å². The van der Waals surface area contributed by atoms with Crippen molar-refractivity contribution >= 4 is 23.6 Å². The van der Waals surface area contributed by atoms with Crippen LogP contribution < -0.4 is 5.32 Å². The lowest BCUT2D eigenvalue weighted by Gasteiger charge is -2.12. The predicted molar refractivity (Wildman–Crippen MR) is 117 cm³/mol. The van der Waals surface area contributed by atoms with Crippen LogP contribution in [0.2, 0.25) is 0 Å². The van der Waals surface area contributed by atoms with E-state index in [4.69, 9.17) is 4.74 Å². The first-order chi connectivity index (χ1) is 14.8. The Bertz CT molecular complexity index is 1140. The van der Waals surface area contributed by atoms with Gasteiger partial charge in [-0.2, -0.15) is 5.10 Å².